The van der Waals surface area contributed by atoms with E-state index >= 15 is 4.39 Å². The van der Waals surface area contributed by atoms with Crippen LogP contribution in [0.1, 0.15) is 47.9 Å². The molecule has 4 nitrogen and oxygen atoms in total. The van der Waals surface area contributed by atoms with Crippen molar-refractivity contribution in [2.75, 3.05) is 33.4 Å². The van der Waals surface area contributed by atoms with Crippen molar-refractivity contribution < 1.29 is 27.7 Å². The molecule has 7 heteroatoms. The fourth-order valence-corrected chi connectivity index (χ4v) is 5.55. The van der Waals surface area contributed by atoms with Crippen molar-refractivity contribution in [2.24, 2.45) is 0 Å². The number of halogens is 3. The maximum absolute atomic E-state index is 15.3. The highest BCUT2D eigenvalue weighted by atomic mass is 19.3. The third-order valence-electron chi connectivity index (χ3n) is 7.39. The molecule has 0 saturated carbocycles. The maximum atomic E-state index is 15.3. The number of hydrogen-bond acceptors (Lipinski definition) is 4. The number of fused-ring (bicyclic) bond motifs is 1. The highest BCUT2D eigenvalue weighted by Gasteiger charge is 2.25. The summed E-state index contributed by atoms with van der Waals surface area (Å²) in [6, 6.07) is 18.0. The van der Waals surface area contributed by atoms with Crippen LogP contribution in [0.25, 0.3) is 11.1 Å². The molecule has 0 N–H and O–H groups in total. The van der Waals surface area contributed by atoms with E-state index in [1.165, 1.54) is 13.2 Å². The highest BCUT2D eigenvalue weighted by Crippen LogP contribution is 2.42. The molecule has 0 amide bonds. The van der Waals surface area contributed by atoms with Crippen LogP contribution in [-0.2, 0) is 6.42 Å². The molecule has 0 spiro atoms. The number of rotatable bonds is 9. The van der Waals surface area contributed by atoms with E-state index in [-0.39, 0.29) is 24.3 Å². The fourth-order valence-electron chi connectivity index (χ4n) is 5.55. The number of alkyl halides is 1. The first kappa shape index (κ1) is 26.2. The molecular weight excluding hydrogens is 491 g/mol. The minimum absolute atomic E-state index is 0.0707. The molecule has 0 radical (unpaired) electrons. The molecule has 3 aromatic rings. The van der Waals surface area contributed by atoms with Crippen molar-refractivity contribution in [1.29, 1.82) is 0 Å². The quantitative estimate of drug-likeness (QED) is 0.297. The number of methoxy groups -OCH3 is 1. The molecule has 0 bridgehead atoms. The summed E-state index contributed by atoms with van der Waals surface area (Å²) in [6.45, 7) is 2.16. The lowest BCUT2D eigenvalue weighted by atomic mass is 9.87. The van der Waals surface area contributed by atoms with Crippen LogP contribution >= 0.6 is 0 Å². The van der Waals surface area contributed by atoms with Gasteiger partial charge in [-0.2, -0.15) is 0 Å². The first-order valence-corrected chi connectivity index (χ1v) is 13.1. The molecule has 1 aliphatic heterocycles. The van der Waals surface area contributed by atoms with Crippen molar-refractivity contribution in [3.8, 4) is 17.2 Å². The fraction of sp³-hybridized carbons (Fsp3) is 0.355. The van der Waals surface area contributed by atoms with Crippen molar-refractivity contribution in [3.05, 3.63) is 88.7 Å². The molecule has 0 unspecified atom stereocenters. The predicted molar refractivity (Wildman–Crippen MR) is 142 cm³/mol. The number of benzene rings is 3. The molecule has 2 aliphatic rings. The summed E-state index contributed by atoms with van der Waals surface area (Å²) in [7, 11) is 1.52. The lowest BCUT2D eigenvalue weighted by molar-refractivity contribution is -0.00629. The molecule has 200 valence electrons. The molecule has 1 aliphatic carbocycles. The standard InChI is InChI=1S/C31H32F3NO3/c1-36-24-10-13-28(30(33)19-24)29-5-2-4-22-18-25(38-34)11-12-27(22)31(29)21-6-8-23(9-7-21)37-26-14-17-35(20-26)16-3-15-32/h6-13,18-19,26H,2-5,14-17,20H2,1H3/t26-/m0/s1. The Kier molecular flexibility index (Phi) is 8.23. The molecule has 0 aromatic heterocycles. The molecule has 1 atom stereocenters. The average molecular weight is 524 g/mol. The van der Waals surface area contributed by atoms with Crippen molar-refractivity contribution in [3.63, 3.8) is 0 Å². The number of nitrogens with zero attached hydrogens (tertiary/aromatic N) is 1. The summed E-state index contributed by atoms with van der Waals surface area (Å²) >= 11 is 0. The van der Waals surface area contributed by atoms with Crippen LogP contribution < -0.4 is 14.4 Å². The van der Waals surface area contributed by atoms with Gasteiger partial charge >= 0.3 is 0 Å². The molecular formula is C31H32F3NO3. The van der Waals surface area contributed by atoms with Gasteiger partial charge in [0, 0.05) is 35.8 Å². The summed E-state index contributed by atoms with van der Waals surface area (Å²) < 4.78 is 52.2. The predicted octanol–water partition coefficient (Wildman–Crippen LogP) is 7.21. The number of likely N-dealkylation sites (tertiary alicyclic amines) is 1. The summed E-state index contributed by atoms with van der Waals surface area (Å²) in [5, 5.41) is 0. The third kappa shape index (κ3) is 5.68. The first-order valence-electron chi connectivity index (χ1n) is 13.1. The number of aryl methyl sites for hydroxylation is 1. The van der Waals surface area contributed by atoms with Gasteiger partial charge in [0.05, 0.1) is 13.8 Å². The van der Waals surface area contributed by atoms with Crippen LogP contribution in [0.15, 0.2) is 60.7 Å². The Balaban J connectivity index is 1.50. The van der Waals surface area contributed by atoms with E-state index in [4.69, 9.17) is 9.47 Å². The van der Waals surface area contributed by atoms with Gasteiger partial charge < -0.3 is 9.47 Å². The van der Waals surface area contributed by atoms with Gasteiger partial charge in [0.1, 0.15) is 23.4 Å². The van der Waals surface area contributed by atoms with Gasteiger partial charge in [-0.25, -0.2) is 4.39 Å². The molecule has 3 aromatic carbocycles. The number of ether oxygens (including phenoxy) is 2. The maximum Gasteiger partial charge on any atom is 0.172 e. The van der Waals surface area contributed by atoms with Gasteiger partial charge in [-0.05, 0) is 96.3 Å². The zero-order valence-electron chi connectivity index (χ0n) is 21.5. The largest absolute Gasteiger partial charge is 0.497 e. The van der Waals surface area contributed by atoms with Crippen LogP contribution in [0.2, 0.25) is 0 Å². The molecule has 1 fully saturated rings. The van der Waals surface area contributed by atoms with Gasteiger partial charge in [0.25, 0.3) is 0 Å². The van der Waals surface area contributed by atoms with Crippen LogP contribution in [0.3, 0.4) is 0 Å². The molecule has 38 heavy (non-hydrogen) atoms. The van der Waals surface area contributed by atoms with E-state index in [0.717, 1.165) is 72.5 Å². The monoisotopic (exact) mass is 523 g/mol. The second kappa shape index (κ2) is 11.9. The summed E-state index contributed by atoms with van der Waals surface area (Å²) in [5.74, 6) is 1.04. The number of hydrogen-bond donors (Lipinski definition) is 0. The van der Waals surface area contributed by atoms with Gasteiger partial charge in [-0.1, -0.05) is 18.2 Å². The summed E-state index contributed by atoms with van der Waals surface area (Å²) in [6.07, 6.45) is 3.70. The summed E-state index contributed by atoms with van der Waals surface area (Å²) in [4.78, 5) is 6.23. The Morgan fingerprint density at radius 3 is 2.42 bits per heavy atom. The van der Waals surface area contributed by atoms with Crippen LogP contribution in [0.5, 0.6) is 17.2 Å². The van der Waals surface area contributed by atoms with Crippen molar-refractivity contribution in [1.82, 2.24) is 4.90 Å². The minimum atomic E-state index is -0.345. The topological polar surface area (TPSA) is 30.9 Å². The minimum Gasteiger partial charge on any atom is -0.497 e. The third-order valence-corrected chi connectivity index (χ3v) is 7.39. The van der Waals surface area contributed by atoms with Crippen molar-refractivity contribution in [2.45, 2.75) is 38.2 Å². The van der Waals surface area contributed by atoms with Gasteiger partial charge in [-0.3, -0.25) is 14.2 Å². The van der Waals surface area contributed by atoms with Gasteiger partial charge in [-0.15, -0.1) is 0 Å². The molecule has 5 rings (SSSR count). The summed E-state index contributed by atoms with van der Waals surface area (Å²) in [5.41, 5.74) is 5.15. The Bertz CT molecular complexity index is 1290. The Labute approximate surface area is 221 Å². The second-order valence-electron chi connectivity index (χ2n) is 9.85. The zero-order valence-corrected chi connectivity index (χ0v) is 21.5. The normalized spacial score (nSPS) is 17.7. The van der Waals surface area contributed by atoms with E-state index in [0.29, 0.717) is 24.2 Å². The van der Waals surface area contributed by atoms with Crippen LogP contribution in [-0.4, -0.2) is 44.4 Å². The average Bonchev–Trinajstić information content (AvgIpc) is 3.30. The van der Waals surface area contributed by atoms with Crippen LogP contribution in [0.4, 0.5) is 13.3 Å². The highest BCUT2D eigenvalue weighted by molar-refractivity contribution is 6.00. The van der Waals surface area contributed by atoms with E-state index in [1.807, 2.05) is 30.3 Å². The zero-order chi connectivity index (χ0) is 26.5. The van der Waals surface area contributed by atoms with Gasteiger partial charge in [0.15, 0.2) is 5.75 Å². The molecule has 1 saturated heterocycles. The first-order chi connectivity index (χ1) is 18.6. The van der Waals surface area contributed by atoms with Gasteiger partial charge in [0.2, 0.25) is 0 Å². The lowest BCUT2D eigenvalue weighted by Gasteiger charge is -2.19. The smallest absolute Gasteiger partial charge is 0.172 e. The van der Waals surface area contributed by atoms with E-state index in [2.05, 4.69) is 9.84 Å². The molecule has 1 heterocycles. The Morgan fingerprint density at radius 2 is 1.68 bits per heavy atom. The lowest BCUT2D eigenvalue weighted by Crippen LogP contribution is -2.26. The SMILES string of the molecule is COc1ccc(C2=C(c3ccc(O[C@H]4CCN(CCCF)C4)cc3)c3ccc(OF)cc3CCC2)c(F)c1. The van der Waals surface area contributed by atoms with Crippen LogP contribution in [0, 0.1) is 5.82 Å². The number of allylic oxidation sites excluding steroid dienone is 1. The van der Waals surface area contributed by atoms with E-state index in [1.54, 1.807) is 24.3 Å². The van der Waals surface area contributed by atoms with E-state index in [9.17, 15) is 8.92 Å². The second-order valence-corrected chi connectivity index (χ2v) is 9.85. The van der Waals surface area contributed by atoms with E-state index < -0.39 is 0 Å². The Hall–Kier alpha value is -3.45. The van der Waals surface area contributed by atoms with Crippen molar-refractivity contribution >= 4 is 11.1 Å². The Morgan fingerprint density at radius 1 is 0.921 bits per heavy atom.